The van der Waals surface area contributed by atoms with Gasteiger partial charge in [0.15, 0.2) is 11.6 Å². The molecule has 0 unspecified atom stereocenters. The maximum atomic E-state index is 14.9. The van der Waals surface area contributed by atoms with Crippen LogP contribution in [-0.4, -0.2) is 41.2 Å². The van der Waals surface area contributed by atoms with Crippen LogP contribution in [0.15, 0.2) is 18.3 Å². The van der Waals surface area contributed by atoms with Gasteiger partial charge in [-0.05, 0) is 34.6 Å². The van der Waals surface area contributed by atoms with Crippen LogP contribution >= 0.6 is 0 Å². The first-order valence-electron chi connectivity index (χ1n) is 8.91. The quantitative estimate of drug-likeness (QED) is 0.592. The smallest absolute Gasteiger partial charge is 0.468 e. The molecule has 0 spiro atoms. The summed E-state index contributed by atoms with van der Waals surface area (Å²) in [6.45, 7) is 8.93. The van der Waals surface area contributed by atoms with Gasteiger partial charge in [-0.1, -0.05) is 12.1 Å². The number of rotatable bonds is 4. The molecule has 1 aliphatic heterocycles. The summed E-state index contributed by atoms with van der Waals surface area (Å²) in [6.07, 6.45) is 1.39. The van der Waals surface area contributed by atoms with Crippen molar-refractivity contribution in [3.05, 3.63) is 35.7 Å². The van der Waals surface area contributed by atoms with Crippen molar-refractivity contribution in [1.29, 1.82) is 0 Å². The van der Waals surface area contributed by atoms with Crippen molar-refractivity contribution in [2.75, 3.05) is 7.11 Å². The minimum absolute atomic E-state index is 0.000458. The first-order valence-corrected chi connectivity index (χ1v) is 8.91. The maximum absolute atomic E-state index is 14.9. The van der Waals surface area contributed by atoms with Gasteiger partial charge in [-0.15, -0.1) is 0 Å². The highest BCUT2D eigenvalue weighted by atomic mass is 19.2. The van der Waals surface area contributed by atoms with Crippen LogP contribution in [0.2, 0.25) is 0 Å². The van der Waals surface area contributed by atoms with Gasteiger partial charge in [0, 0.05) is 22.3 Å². The fourth-order valence-electron chi connectivity index (χ4n) is 2.98. The summed E-state index contributed by atoms with van der Waals surface area (Å²) in [6, 6.07) is 2.91. The zero-order valence-electron chi connectivity index (χ0n) is 16.8. The number of nitrogens with zero attached hydrogens (tertiary/aromatic N) is 2. The van der Waals surface area contributed by atoms with Crippen LogP contribution in [0.5, 0.6) is 0 Å². The van der Waals surface area contributed by atoms with E-state index in [2.05, 4.69) is 9.84 Å². The number of aromatic nitrogens is 2. The molecule has 1 aliphatic rings. The fraction of sp³-hybridized carbons (Fsp3) is 0.474. The first kappa shape index (κ1) is 20.5. The molecule has 6 nitrogen and oxygen atoms in total. The zero-order chi connectivity index (χ0) is 20.9. The Morgan fingerprint density at radius 3 is 2.32 bits per heavy atom. The Morgan fingerprint density at radius 1 is 1.14 bits per heavy atom. The minimum atomic E-state index is -1.03. The third kappa shape index (κ3) is 3.33. The second-order valence-corrected chi connectivity index (χ2v) is 7.80. The van der Waals surface area contributed by atoms with E-state index < -0.39 is 35.9 Å². The molecular formula is C19H23BF2N2O4. The monoisotopic (exact) mass is 392 g/mol. The number of ether oxygens (including phenoxy) is 1. The van der Waals surface area contributed by atoms with Crippen LogP contribution in [0.1, 0.15) is 33.4 Å². The summed E-state index contributed by atoms with van der Waals surface area (Å²) in [5, 5.41) is 4.07. The Balaban J connectivity index is 1.95. The van der Waals surface area contributed by atoms with Gasteiger partial charge in [0.05, 0.1) is 24.5 Å². The second-order valence-electron chi connectivity index (χ2n) is 7.80. The van der Waals surface area contributed by atoms with Gasteiger partial charge in [0.2, 0.25) is 0 Å². The SMILES string of the molecule is COC(=O)Cn1ncc(-c2ccc(B3OC(C)(C)C(C)(C)O3)c(F)c2F)c1C. The van der Waals surface area contributed by atoms with E-state index in [1.54, 1.807) is 6.92 Å². The summed E-state index contributed by atoms with van der Waals surface area (Å²) in [5.41, 5.74) is -0.367. The molecule has 0 aliphatic carbocycles. The fourth-order valence-corrected chi connectivity index (χ4v) is 2.98. The molecule has 0 bridgehead atoms. The van der Waals surface area contributed by atoms with Gasteiger partial charge in [-0.2, -0.15) is 5.10 Å². The van der Waals surface area contributed by atoms with Gasteiger partial charge in [-0.3, -0.25) is 9.48 Å². The lowest BCUT2D eigenvalue weighted by atomic mass is 9.78. The van der Waals surface area contributed by atoms with E-state index in [9.17, 15) is 13.6 Å². The number of hydrogen-bond acceptors (Lipinski definition) is 5. The average Bonchev–Trinajstić information content (AvgIpc) is 3.06. The standard InChI is InChI=1S/C19H23BF2N2O4/c1-11-13(9-23-24(11)10-15(25)26-6)12-7-8-14(17(22)16(12)21)20-27-18(2,3)19(4,5)28-20/h7-9H,10H2,1-6H3. The molecule has 28 heavy (non-hydrogen) atoms. The Hall–Kier alpha value is -2.26. The van der Waals surface area contributed by atoms with E-state index in [0.717, 1.165) is 0 Å². The van der Waals surface area contributed by atoms with E-state index in [4.69, 9.17) is 9.31 Å². The van der Waals surface area contributed by atoms with Crippen molar-refractivity contribution in [3.8, 4) is 11.1 Å². The molecule has 2 aromatic rings. The number of carbonyl (C=O) groups is 1. The number of halogens is 2. The molecule has 0 atom stereocenters. The Bertz CT molecular complexity index is 911. The van der Waals surface area contributed by atoms with Crippen LogP contribution in [-0.2, 0) is 25.4 Å². The van der Waals surface area contributed by atoms with Crippen LogP contribution in [0, 0.1) is 18.6 Å². The number of esters is 1. The molecule has 0 saturated carbocycles. The van der Waals surface area contributed by atoms with Crippen molar-refractivity contribution in [1.82, 2.24) is 9.78 Å². The lowest BCUT2D eigenvalue weighted by Gasteiger charge is -2.32. The number of methoxy groups -OCH3 is 1. The predicted molar refractivity (Wildman–Crippen MR) is 100 cm³/mol. The number of benzene rings is 1. The summed E-state index contributed by atoms with van der Waals surface area (Å²) in [5.74, 6) is -2.54. The van der Waals surface area contributed by atoms with Gasteiger partial charge >= 0.3 is 13.1 Å². The predicted octanol–water partition coefficient (Wildman–Crippen LogP) is 2.61. The van der Waals surface area contributed by atoms with Crippen molar-refractivity contribution in [2.24, 2.45) is 0 Å². The van der Waals surface area contributed by atoms with E-state index >= 15 is 0 Å². The van der Waals surface area contributed by atoms with Gasteiger partial charge in [-0.25, -0.2) is 8.78 Å². The zero-order valence-corrected chi connectivity index (χ0v) is 16.8. The second kappa shape index (κ2) is 6.97. The first-order chi connectivity index (χ1) is 13.0. The highest BCUT2D eigenvalue weighted by Gasteiger charge is 2.52. The lowest BCUT2D eigenvalue weighted by Crippen LogP contribution is -2.41. The highest BCUT2D eigenvalue weighted by molar-refractivity contribution is 6.62. The lowest BCUT2D eigenvalue weighted by molar-refractivity contribution is -0.141. The van der Waals surface area contributed by atoms with Crippen molar-refractivity contribution in [2.45, 2.75) is 52.4 Å². The Labute approximate surface area is 162 Å². The molecule has 3 rings (SSSR count). The molecule has 1 fully saturated rings. The van der Waals surface area contributed by atoms with Crippen molar-refractivity contribution < 1.29 is 27.6 Å². The van der Waals surface area contributed by atoms with Crippen LogP contribution in [0.3, 0.4) is 0 Å². The van der Waals surface area contributed by atoms with Crippen LogP contribution < -0.4 is 5.46 Å². The van der Waals surface area contributed by atoms with Gasteiger partial charge in [0.1, 0.15) is 6.54 Å². The van der Waals surface area contributed by atoms with E-state index in [1.165, 1.54) is 30.1 Å². The van der Waals surface area contributed by atoms with Gasteiger partial charge in [0.25, 0.3) is 0 Å². The summed E-state index contributed by atoms with van der Waals surface area (Å²) in [4.78, 5) is 11.5. The number of hydrogen-bond donors (Lipinski definition) is 0. The summed E-state index contributed by atoms with van der Waals surface area (Å²) >= 11 is 0. The third-order valence-corrected chi connectivity index (χ3v) is 5.52. The molecular weight excluding hydrogens is 369 g/mol. The Morgan fingerprint density at radius 2 is 1.75 bits per heavy atom. The minimum Gasteiger partial charge on any atom is -0.468 e. The normalized spacial score (nSPS) is 17.8. The number of carbonyl (C=O) groups excluding carboxylic acids is 1. The molecule has 0 amide bonds. The van der Waals surface area contributed by atoms with Crippen molar-refractivity contribution in [3.63, 3.8) is 0 Å². The average molecular weight is 392 g/mol. The molecule has 2 heterocycles. The molecule has 1 aromatic carbocycles. The molecule has 150 valence electrons. The van der Waals surface area contributed by atoms with E-state index in [1.807, 2.05) is 27.7 Å². The van der Waals surface area contributed by atoms with E-state index in [-0.39, 0.29) is 17.6 Å². The molecule has 1 saturated heterocycles. The topological polar surface area (TPSA) is 62.6 Å². The van der Waals surface area contributed by atoms with Crippen LogP contribution in [0.25, 0.3) is 11.1 Å². The van der Waals surface area contributed by atoms with Crippen molar-refractivity contribution >= 4 is 18.6 Å². The third-order valence-electron chi connectivity index (χ3n) is 5.52. The summed E-state index contributed by atoms with van der Waals surface area (Å²) in [7, 11) is 0.266. The Kier molecular flexibility index (Phi) is 5.10. The largest absolute Gasteiger partial charge is 0.497 e. The van der Waals surface area contributed by atoms with E-state index in [0.29, 0.717) is 11.3 Å². The molecule has 1 aromatic heterocycles. The highest BCUT2D eigenvalue weighted by Crippen LogP contribution is 2.37. The van der Waals surface area contributed by atoms with Gasteiger partial charge < -0.3 is 14.0 Å². The summed E-state index contributed by atoms with van der Waals surface area (Å²) < 4.78 is 47.4. The molecule has 0 radical (unpaired) electrons. The maximum Gasteiger partial charge on any atom is 0.497 e. The molecule has 0 N–H and O–H groups in total. The van der Waals surface area contributed by atoms with Crippen LogP contribution in [0.4, 0.5) is 8.78 Å². The molecule has 9 heteroatoms.